The number of fused-ring (bicyclic) bond motifs is 2. The van der Waals surface area contributed by atoms with Crippen LogP contribution in [-0.2, 0) is 0 Å². The van der Waals surface area contributed by atoms with Gasteiger partial charge in [-0.05, 0) is 24.3 Å². The van der Waals surface area contributed by atoms with Gasteiger partial charge in [0.15, 0.2) is 5.75 Å². The monoisotopic (exact) mass is 292 g/mol. The molecule has 108 valence electrons. The molecular weight excluding hydrogens is 280 g/mol. The maximum atomic E-state index is 12.5. The number of anilines is 1. The molecule has 0 saturated heterocycles. The zero-order chi connectivity index (χ0) is 15.4. The summed E-state index contributed by atoms with van der Waals surface area (Å²) in [6.45, 7) is 0. The van der Waals surface area contributed by atoms with E-state index in [1.54, 1.807) is 42.5 Å². The Morgan fingerprint density at radius 1 is 1.09 bits per heavy atom. The summed E-state index contributed by atoms with van der Waals surface area (Å²) < 4.78 is 1.25. The van der Waals surface area contributed by atoms with Gasteiger partial charge >= 0.3 is 0 Å². The molecule has 0 bridgehead atoms. The number of para-hydroxylation sites is 1. The number of aromatic nitrogens is 1. The summed E-state index contributed by atoms with van der Waals surface area (Å²) in [6, 6.07) is 12.1. The van der Waals surface area contributed by atoms with Crippen LogP contribution in [0.3, 0.4) is 0 Å². The van der Waals surface area contributed by atoms with E-state index in [9.17, 15) is 9.90 Å². The average Bonchev–Trinajstić information content (AvgIpc) is 2.96. The average molecular weight is 292 g/mol. The predicted octanol–water partition coefficient (Wildman–Crippen LogP) is 1.96. The van der Waals surface area contributed by atoms with Crippen molar-refractivity contribution in [3.05, 3.63) is 53.7 Å². The molecule has 3 aromatic rings. The Morgan fingerprint density at radius 3 is 2.59 bits per heavy atom. The van der Waals surface area contributed by atoms with E-state index in [0.29, 0.717) is 27.8 Å². The lowest BCUT2D eigenvalue weighted by atomic mass is 10.1. The molecule has 22 heavy (non-hydrogen) atoms. The number of aromatic hydroxyl groups is 1. The van der Waals surface area contributed by atoms with E-state index in [-0.39, 0.29) is 22.9 Å². The highest BCUT2D eigenvalue weighted by atomic mass is 16.3. The second kappa shape index (κ2) is 4.11. The zero-order valence-electron chi connectivity index (χ0n) is 11.4. The molecule has 0 spiro atoms. The summed E-state index contributed by atoms with van der Waals surface area (Å²) >= 11 is 0. The number of rotatable bonds is 1. The number of hydrogen-bond acceptors (Lipinski definition) is 5. The first kappa shape index (κ1) is 12.5. The number of aliphatic imine (C=N–C) groups is 1. The fourth-order valence-electron chi connectivity index (χ4n) is 2.82. The van der Waals surface area contributed by atoms with Crippen molar-refractivity contribution in [3.8, 4) is 5.75 Å². The first-order valence-electron chi connectivity index (χ1n) is 6.69. The van der Waals surface area contributed by atoms with Crippen LogP contribution in [0, 0.1) is 0 Å². The standard InChI is InChI=1S/C16H12N4O2/c17-9-5-3-7-11-12(9)16(22)14(20(11)18)13-15(21)8-4-1-2-6-10(8)19-13/h1-7,22H,17-18H2. The van der Waals surface area contributed by atoms with Crippen molar-refractivity contribution in [3.63, 3.8) is 0 Å². The van der Waals surface area contributed by atoms with Gasteiger partial charge in [-0.1, -0.05) is 18.2 Å². The minimum atomic E-state index is -0.265. The first-order chi connectivity index (χ1) is 10.6. The molecule has 0 fully saturated rings. The molecule has 2 aromatic carbocycles. The Labute approximate surface area is 125 Å². The van der Waals surface area contributed by atoms with Gasteiger partial charge in [0.25, 0.3) is 0 Å². The molecule has 6 heteroatoms. The molecule has 0 atom stereocenters. The van der Waals surface area contributed by atoms with Crippen molar-refractivity contribution < 1.29 is 9.90 Å². The van der Waals surface area contributed by atoms with Crippen molar-refractivity contribution in [2.24, 2.45) is 4.99 Å². The van der Waals surface area contributed by atoms with E-state index < -0.39 is 0 Å². The predicted molar refractivity (Wildman–Crippen MR) is 85.1 cm³/mol. The second-order valence-electron chi connectivity index (χ2n) is 5.12. The number of nitrogens with zero attached hydrogens (tertiary/aromatic N) is 2. The van der Waals surface area contributed by atoms with Crippen LogP contribution in [0.1, 0.15) is 16.1 Å². The molecule has 1 aromatic heterocycles. The van der Waals surface area contributed by atoms with Crippen LogP contribution in [0.2, 0.25) is 0 Å². The largest absolute Gasteiger partial charge is 0.505 e. The van der Waals surface area contributed by atoms with Crippen LogP contribution in [0.4, 0.5) is 11.4 Å². The Kier molecular flexibility index (Phi) is 2.33. The number of nitrogens with two attached hydrogens (primary N) is 2. The third-order valence-electron chi connectivity index (χ3n) is 3.86. The molecule has 6 nitrogen and oxygen atoms in total. The number of carbonyl (C=O) groups excluding carboxylic acids is 1. The van der Waals surface area contributed by atoms with Gasteiger partial charge in [-0.2, -0.15) is 0 Å². The van der Waals surface area contributed by atoms with Gasteiger partial charge in [-0.15, -0.1) is 0 Å². The third kappa shape index (κ3) is 1.43. The molecule has 0 radical (unpaired) electrons. The smallest absolute Gasteiger partial charge is 0.215 e. The van der Waals surface area contributed by atoms with Gasteiger partial charge in [0.1, 0.15) is 11.4 Å². The topological polar surface area (TPSA) is 107 Å². The third-order valence-corrected chi connectivity index (χ3v) is 3.86. The molecule has 0 aliphatic carbocycles. The molecule has 5 N–H and O–H groups in total. The maximum Gasteiger partial charge on any atom is 0.215 e. The highest BCUT2D eigenvalue weighted by Crippen LogP contribution is 2.38. The Bertz CT molecular complexity index is 985. The van der Waals surface area contributed by atoms with Gasteiger partial charge in [-0.3, -0.25) is 9.47 Å². The van der Waals surface area contributed by atoms with E-state index in [0.717, 1.165) is 0 Å². The number of Topliss-reactive ketones (excluding diaryl/α,β-unsaturated/α-hetero) is 1. The van der Waals surface area contributed by atoms with Crippen LogP contribution in [0.5, 0.6) is 5.75 Å². The van der Waals surface area contributed by atoms with Crippen molar-refractivity contribution in [2.75, 3.05) is 11.6 Å². The van der Waals surface area contributed by atoms with Gasteiger partial charge in [-0.25, -0.2) is 4.99 Å². The van der Waals surface area contributed by atoms with Crippen LogP contribution in [-0.4, -0.2) is 21.3 Å². The Morgan fingerprint density at radius 2 is 1.86 bits per heavy atom. The van der Waals surface area contributed by atoms with Crippen molar-refractivity contribution in [2.45, 2.75) is 0 Å². The van der Waals surface area contributed by atoms with Crippen LogP contribution < -0.4 is 11.6 Å². The second-order valence-corrected chi connectivity index (χ2v) is 5.12. The molecule has 1 aliphatic heterocycles. The van der Waals surface area contributed by atoms with E-state index in [1.165, 1.54) is 4.68 Å². The molecule has 0 saturated carbocycles. The quantitative estimate of drug-likeness (QED) is 0.470. The minimum absolute atomic E-state index is 0.122. The SMILES string of the molecule is Nc1cccc2c1c(O)c(C1=Nc3ccccc3C1=O)n2N. The first-order valence-corrected chi connectivity index (χ1v) is 6.69. The van der Waals surface area contributed by atoms with E-state index in [1.807, 2.05) is 0 Å². The van der Waals surface area contributed by atoms with Crippen molar-refractivity contribution >= 4 is 33.8 Å². The van der Waals surface area contributed by atoms with E-state index >= 15 is 0 Å². The highest BCUT2D eigenvalue weighted by Gasteiger charge is 2.31. The van der Waals surface area contributed by atoms with Gasteiger partial charge in [0.05, 0.1) is 16.6 Å². The highest BCUT2D eigenvalue weighted by molar-refractivity contribution is 6.55. The van der Waals surface area contributed by atoms with Gasteiger partial charge in [0.2, 0.25) is 5.78 Å². The minimum Gasteiger partial charge on any atom is -0.505 e. The fourth-order valence-corrected chi connectivity index (χ4v) is 2.82. The number of carbonyl (C=O) groups is 1. The summed E-state index contributed by atoms with van der Waals surface area (Å²) in [5.41, 5.74) is 8.20. The summed E-state index contributed by atoms with van der Waals surface area (Å²) in [5.74, 6) is 5.66. The fraction of sp³-hybridized carbons (Fsp3) is 0. The van der Waals surface area contributed by atoms with E-state index in [4.69, 9.17) is 11.6 Å². The lowest BCUT2D eigenvalue weighted by Gasteiger charge is -2.03. The summed E-state index contributed by atoms with van der Waals surface area (Å²) in [6.07, 6.45) is 0. The van der Waals surface area contributed by atoms with Gasteiger partial charge in [0, 0.05) is 11.3 Å². The molecule has 0 unspecified atom stereocenters. The van der Waals surface area contributed by atoms with Crippen molar-refractivity contribution in [1.82, 2.24) is 4.68 Å². The van der Waals surface area contributed by atoms with E-state index in [2.05, 4.69) is 4.99 Å². The molecule has 4 rings (SSSR count). The summed E-state index contributed by atoms with van der Waals surface area (Å²) in [4.78, 5) is 16.8. The molecule has 2 heterocycles. The van der Waals surface area contributed by atoms with Crippen LogP contribution in [0.25, 0.3) is 10.9 Å². The van der Waals surface area contributed by atoms with Gasteiger partial charge < -0.3 is 16.7 Å². The Hall–Kier alpha value is -3.28. The lowest BCUT2D eigenvalue weighted by molar-refractivity contribution is 0.106. The van der Waals surface area contributed by atoms with Crippen LogP contribution >= 0.6 is 0 Å². The number of benzene rings is 2. The Balaban J connectivity index is 2.02. The van der Waals surface area contributed by atoms with Crippen molar-refractivity contribution in [1.29, 1.82) is 0 Å². The molecule has 1 aliphatic rings. The normalized spacial score (nSPS) is 13.5. The summed E-state index contributed by atoms with van der Waals surface area (Å²) in [5, 5.41) is 10.9. The summed E-state index contributed by atoms with van der Waals surface area (Å²) in [7, 11) is 0. The lowest BCUT2D eigenvalue weighted by Crippen LogP contribution is -2.20. The molecular formula is C16H12N4O2. The zero-order valence-corrected chi connectivity index (χ0v) is 11.4. The number of nitrogen functional groups attached to an aromatic ring is 2. The number of ketones is 1. The molecule has 0 amide bonds. The number of hydrogen-bond donors (Lipinski definition) is 3. The maximum absolute atomic E-state index is 12.5. The van der Waals surface area contributed by atoms with Crippen LogP contribution in [0.15, 0.2) is 47.5 Å².